The standard InChI is InChI=1S/C7H6N2O2/c1-5-2-9-3-6(4-10)11-7(9)8-5/h2-4H,1H3. The summed E-state index contributed by atoms with van der Waals surface area (Å²) in [5.41, 5.74) is 0.876. The molecule has 0 aliphatic heterocycles. The molecule has 0 spiro atoms. The molecule has 2 aromatic heterocycles. The maximum Gasteiger partial charge on any atom is 0.306 e. The molecule has 0 fully saturated rings. The van der Waals surface area contributed by atoms with Gasteiger partial charge in [0.05, 0.1) is 11.9 Å². The van der Waals surface area contributed by atoms with Gasteiger partial charge in [0.25, 0.3) is 0 Å². The molecule has 0 bridgehead atoms. The largest absolute Gasteiger partial charge is 0.420 e. The Balaban J connectivity index is 2.72. The number of carbonyl (C=O) groups is 1. The molecule has 2 aromatic rings. The highest BCUT2D eigenvalue weighted by Gasteiger charge is 2.03. The molecule has 0 atom stereocenters. The minimum atomic E-state index is 0.299. The van der Waals surface area contributed by atoms with Crippen LogP contribution in [-0.4, -0.2) is 15.7 Å². The van der Waals surface area contributed by atoms with Gasteiger partial charge in [-0.1, -0.05) is 0 Å². The molecular weight excluding hydrogens is 144 g/mol. The van der Waals surface area contributed by atoms with Crippen molar-refractivity contribution in [3.05, 3.63) is 23.8 Å². The third-order valence-corrected chi connectivity index (χ3v) is 1.41. The van der Waals surface area contributed by atoms with Crippen LogP contribution in [0.1, 0.15) is 16.2 Å². The van der Waals surface area contributed by atoms with E-state index in [-0.39, 0.29) is 0 Å². The Hall–Kier alpha value is -1.58. The van der Waals surface area contributed by atoms with Gasteiger partial charge in [-0.3, -0.25) is 9.20 Å². The van der Waals surface area contributed by atoms with Crippen LogP contribution in [-0.2, 0) is 0 Å². The topological polar surface area (TPSA) is 47.5 Å². The van der Waals surface area contributed by atoms with Gasteiger partial charge in [-0.15, -0.1) is 0 Å². The average molecular weight is 150 g/mol. The molecule has 2 heterocycles. The van der Waals surface area contributed by atoms with Crippen molar-refractivity contribution in [2.45, 2.75) is 6.92 Å². The summed E-state index contributed by atoms with van der Waals surface area (Å²) in [5.74, 6) is 0.761. The number of imidazole rings is 1. The number of aryl methyl sites for hydroxylation is 1. The van der Waals surface area contributed by atoms with E-state index in [0.717, 1.165) is 5.69 Å². The Bertz CT molecular complexity index is 368. The highest BCUT2D eigenvalue weighted by atomic mass is 16.4. The van der Waals surface area contributed by atoms with Crippen LogP contribution in [0.25, 0.3) is 5.84 Å². The molecule has 0 radical (unpaired) electrons. The Morgan fingerprint density at radius 1 is 1.64 bits per heavy atom. The summed E-state index contributed by atoms with van der Waals surface area (Å²) in [5, 5.41) is 0. The van der Waals surface area contributed by atoms with Crippen molar-refractivity contribution in [2.75, 3.05) is 0 Å². The number of carbonyl (C=O) groups excluding carboxylic acids is 1. The normalized spacial score (nSPS) is 10.6. The highest BCUT2D eigenvalue weighted by molar-refractivity contribution is 5.70. The molecule has 0 unspecified atom stereocenters. The molecule has 0 aliphatic rings. The van der Waals surface area contributed by atoms with Crippen LogP contribution in [0.15, 0.2) is 16.8 Å². The summed E-state index contributed by atoms with van der Waals surface area (Å²) >= 11 is 0. The number of nitrogens with zero attached hydrogens (tertiary/aromatic N) is 2. The average Bonchev–Trinajstić information content (AvgIpc) is 2.43. The summed E-state index contributed by atoms with van der Waals surface area (Å²) in [4.78, 5) is 14.2. The van der Waals surface area contributed by atoms with Crippen LogP contribution in [0, 0.1) is 6.92 Å². The molecule has 4 heteroatoms. The smallest absolute Gasteiger partial charge is 0.306 e. The van der Waals surface area contributed by atoms with Crippen LogP contribution < -0.4 is 0 Å². The van der Waals surface area contributed by atoms with E-state index in [1.54, 1.807) is 16.8 Å². The van der Waals surface area contributed by atoms with Crippen molar-refractivity contribution in [3.8, 4) is 0 Å². The summed E-state index contributed by atoms with van der Waals surface area (Å²) in [6, 6.07) is 0. The second-order valence-corrected chi connectivity index (χ2v) is 2.32. The Labute approximate surface area is 62.5 Å². The zero-order chi connectivity index (χ0) is 7.84. The van der Waals surface area contributed by atoms with Crippen molar-refractivity contribution >= 4 is 12.1 Å². The molecule has 0 amide bonds. The number of fused-ring (bicyclic) bond motifs is 1. The molecule has 0 saturated carbocycles. The van der Waals surface area contributed by atoms with Crippen LogP contribution in [0.3, 0.4) is 0 Å². The van der Waals surface area contributed by atoms with Crippen LogP contribution >= 0.6 is 0 Å². The first kappa shape index (κ1) is 6.15. The van der Waals surface area contributed by atoms with Crippen LogP contribution in [0.4, 0.5) is 0 Å². The molecule has 2 rings (SSSR count). The molecule has 11 heavy (non-hydrogen) atoms. The highest BCUT2D eigenvalue weighted by Crippen LogP contribution is 2.07. The minimum Gasteiger partial charge on any atom is -0.420 e. The van der Waals surface area contributed by atoms with E-state index in [1.807, 2.05) is 6.92 Å². The predicted molar refractivity (Wildman–Crippen MR) is 37.6 cm³/mol. The van der Waals surface area contributed by atoms with Crippen molar-refractivity contribution < 1.29 is 9.21 Å². The van der Waals surface area contributed by atoms with Crippen molar-refractivity contribution in [1.29, 1.82) is 0 Å². The van der Waals surface area contributed by atoms with Gasteiger partial charge in [-0.05, 0) is 6.92 Å². The van der Waals surface area contributed by atoms with Gasteiger partial charge in [-0.25, -0.2) is 0 Å². The van der Waals surface area contributed by atoms with E-state index in [9.17, 15) is 4.79 Å². The SMILES string of the molecule is Cc1cn2cc(C=O)oc2n1. The number of aromatic nitrogens is 2. The first-order valence-corrected chi connectivity index (χ1v) is 3.20. The zero-order valence-corrected chi connectivity index (χ0v) is 5.94. The Morgan fingerprint density at radius 3 is 3.09 bits per heavy atom. The third kappa shape index (κ3) is 0.832. The van der Waals surface area contributed by atoms with E-state index >= 15 is 0 Å². The molecular formula is C7H6N2O2. The van der Waals surface area contributed by atoms with Gasteiger partial charge in [-0.2, -0.15) is 4.98 Å². The van der Waals surface area contributed by atoms with Gasteiger partial charge in [0.2, 0.25) is 0 Å². The summed E-state index contributed by atoms with van der Waals surface area (Å²) in [6.07, 6.45) is 4.05. The second-order valence-electron chi connectivity index (χ2n) is 2.32. The maximum atomic E-state index is 10.2. The number of rotatable bonds is 1. The fourth-order valence-corrected chi connectivity index (χ4v) is 0.985. The van der Waals surface area contributed by atoms with Crippen LogP contribution in [0.5, 0.6) is 0 Å². The Morgan fingerprint density at radius 2 is 2.45 bits per heavy atom. The van der Waals surface area contributed by atoms with Gasteiger partial charge in [0, 0.05) is 6.20 Å². The summed E-state index contributed by atoms with van der Waals surface area (Å²) in [6.45, 7) is 1.86. The van der Waals surface area contributed by atoms with E-state index in [4.69, 9.17) is 4.42 Å². The maximum absolute atomic E-state index is 10.2. The van der Waals surface area contributed by atoms with E-state index < -0.39 is 0 Å². The van der Waals surface area contributed by atoms with Gasteiger partial charge in [0.1, 0.15) is 0 Å². The van der Waals surface area contributed by atoms with Gasteiger partial charge >= 0.3 is 5.84 Å². The second kappa shape index (κ2) is 1.95. The van der Waals surface area contributed by atoms with E-state index in [1.165, 1.54) is 0 Å². The number of hydrogen-bond donors (Lipinski definition) is 0. The van der Waals surface area contributed by atoms with Crippen molar-refractivity contribution in [3.63, 3.8) is 0 Å². The van der Waals surface area contributed by atoms with Gasteiger partial charge < -0.3 is 4.42 Å². The fraction of sp³-hybridized carbons (Fsp3) is 0.143. The number of hydrogen-bond acceptors (Lipinski definition) is 3. The number of aldehydes is 1. The first-order valence-electron chi connectivity index (χ1n) is 3.20. The first-order chi connectivity index (χ1) is 5.29. The zero-order valence-electron chi connectivity index (χ0n) is 5.94. The molecule has 0 aromatic carbocycles. The van der Waals surface area contributed by atoms with Crippen LogP contribution in [0.2, 0.25) is 0 Å². The number of oxazole rings is 1. The minimum absolute atomic E-state index is 0.299. The lowest BCUT2D eigenvalue weighted by molar-refractivity contribution is 0.110. The monoisotopic (exact) mass is 150 g/mol. The van der Waals surface area contributed by atoms with Crippen molar-refractivity contribution in [2.24, 2.45) is 0 Å². The molecule has 4 nitrogen and oxygen atoms in total. The lowest BCUT2D eigenvalue weighted by Gasteiger charge is -1.74. The lowest BCUT2D eigenvalue weighted by atomic mass is 10.5. The van der Waals surface area contributed by atoms with Gasteiger partial charge in [0.15, 0.2) is 12.0 Å². The quantitative estimate of drug-likeness (QED) is 0.571. The summed E-state index contributed by atoms with van der Waals surface area (Å²) < 4.78 is 6.70. The summed E-state index contributed by atoms with van der Waals surface area (Å²) in [7, 11) is 0. The predicted octanol–water partition coefficient (Wildman–Crippen LogP) is 1.05. The lowest BCUT2D eigenvalue weighted by Crippen LogP contribution is -1.72. The Kier molecular flexibility index (Phi) is 1.09. The van der Waals surface area contributed by atoms with E-state index in [0.29, 0.717) is 17.9 Å². The molecule has 56 valence electrons. The van der Waals surface area contributed by atoms with E-state index in [2.05, 4.69) is 4.98 Å². The molecule has 0 aliphatic carbocycles. The van der Waals surface area contributed by atoms with Crippen molar-refractivity contribution in [1.82, 2.24) is 9.38 Å². The fourth-order valence-electron chi connectivity index (χ4n) is 0.985. The third-order valence-electron chi connectivity index (χ3n) is 1.41. The molecule has 0 saturated heterocycles. The molecule has 0 N–H and O–H groups in total.